The normalized spacial score (nSPS) is 12.0. The van der Waals surface area contributed by atoms with Crippen molar-refractivity contribution in [1.82, 2.24) is 5.32 Å². The standard InChI is InChI=1S/C18H26N2O3.H2S/c1-5-13-6-8-14(9-7-13)10-15(20-12(2)21)16(22)11-18(3,4)17(19)23;/h6-9,15H,5,10-11H2,1-4H3,(H2,19,23)(H,20,21);1H2/t15-;/m0./s1. The molecule has 24 heavy (non-hydrogen) atoms. The summed E-state index contributed by atoms with van der Waals surface area (Å²) in [5, 5.41) is 2.68. The van der Waals surface area contributed by atoms with Gasteiger partial charge in [-0.2, -0.15) is 13.5 Å². The van der Waals surface area contributed by atoms with Crippen molar-refractivity contribution in [1.29, 1.82) is 0 Å². The molecule has 0 aromatic heterocycles. The summed E-state index contributed by atoms with van der Waals surface area (Å²) in [5.74, 6) is -0.992. The van der Waals surface area contributed by atoms with Gasteiger partial charge < -0.3 is 11.1 Å². The van der Waals surface area contributed by atoms with Gasteiger partial charge in [-0.1, -0.05) is 45.0 Å². The molecule has 0 saturated carbocycles. The smallest absolute Gasteiger partial charge is 0.223 e. The number of hydrogen-bond donors (Lipinski definition) is 2. The van der Waals surface area contributed by atoms with Gasteiger partial charge in [0.05, 0.1) is 11.5 Å². The Balaban J connectivity index is 0.00000529. The molecular weight excluding hydrogens is 324 g/mol. The molecule has 1 rings (SSSR count). The summed E-state index contributed by atoms with van der Waals surface area (Å²) >= 11 is 0. The second-order valence-electron chi connectivity index (χ2n) is 6.52. The van der Waals surface area contributed by atoms with Gasteiger partial charge in [-0.3, -0.25) is 14.4 Å². The second kappa shape index (κ2) is 9.47. The second-order valence-corrected chi connectivity index (χ2v) is 6.52. The van der Waals surface area contributed by atoms with E-state index in [9.17, 15) is 14.4 Å². The van der Waals surface area contributed by atoms with Crippen LogP contribution in [0.3, 0.4) is 0 Å². The molecule has 0 aliphatic carbocycles. The fourth-order valence-corrected chi connectivity index (χ4v) is 2.28. The molecule has 0 saturated heterocycles. The van der Waals surface area contributed by atoms with Crippen LogP contribution in [0, 0.1) is 5.41 Å². The van der Waals surface area contributed by atoms with Gasteiger partial charge in [0, 0.05) is 13.3 Å². The zero-order valence-corrected chi connectivity index (χ0v) is 15.8. The third kappa shape index (κ3) is 6.74. The van der Waals surface area contributed by atoms with Gasteiger partial charge in [0.15, 0.2) is 5.78 Å². The maximum atomic E-state index is 12.5. The highest BCUT2D eigenvalue weighted by Crippen LogP contribution is 2.21. The lowest BCUT2D eigenvalue weighted by atomic mass is 9.84. The van der Waals surface area contributed by atoms with E-state index in [0.717, 1.165) is 12.0 Å². The Hall–Kier alpha value is -1.82. The summed E-state index contributed by atoms with van der Waals surface area (Å²) in [4.78, 5) is 35.3. The summed E-state index contributed by atoms with van der Waals surface area (Å²) in [6.45, 7) is 6.71. The highest BCUT2D eigenvalue weighted by atomic mass is 32.1. The first kappa shape index (κ1) is 22.2. The van der Waals surface area contributed by atoms with E-state index < -0.39 is 17.4 Å². The van der Waals surface area contributed by atoms with Crippen molar-refractivity contribution in [2.24, 2.45) is 11.1 Å². The summed E-state index contributed by atoms with van der Waals surface area (Å²) < 4.78 is 0. The lowest BCUT2D eigenvalue weighted by Gasteiger charge is -2.23. The van der Waals surface area contributed by atoms with Crippen LogP contribution >= 0.6 is 13.5 Å². The lowest BCUT2D eigenvalue weighted by Crippen LogP contribution is -2.44. The molecule has 1 aromatic carbocycles. The topological polar surface area (TPSA) is 89.3 Å². The minimum Gasteiger partial charge on any atom is -0.369 e. The number of ketones is 1. The molecular formula is C18H28N2O3S. The first-order chi connectivity index (χ1) is 10.7. The van der Waals surface area contributed by atoms with Crippen molar-refractivity contribution >= 4 is 31.1 Å². The van der Waals surface area contributed by atoms with Crippen LogP contribution in [0.1, 0.15) is 45.2 Å². The molecule has 2 amide bonds. The Morgan fingerprint density at radius 3 is 2.04 bits per heavy atom. The van der Waals surface area contributed by atoms with Gasteiger partial charge in [0.1, 0.15) is 0 Å². The highest BCUT2D eigenvalue weighted by Gasteiger charge is 2.31. The van der Waals surface area contributed by atoms with Crippen LogP contribution in [-0.4, -0.2) is 23.6 Å². The van der Waals surface area contributed by atoms with E-state index in [1.54, 1.807) is 13.8 Å². The molecule has 0 spiro atoms. The molecule has 0 aliphatic rings. The number of nitrogens with one attached hydrogen (secondary N) is 1. The van der Waals surface area contributed by atoms with E-state index in [0.29, 0.717) is 6.42 Å². The minimum atomic E-state index is -0.931. The number of Topliss-reactive ketones (excluding diaryl/α,β-unsaturated/α-hetero) is 1. The molecule has 6 heteroatoms. The van der Waals surface area contributed by atoms with Gasteiger partial charge in [-0.15, -0.1) is 0 Å². The molecule has 0 aliphatic heterocycles. The molecule has 1 aromatic rings. The number of hydrogen-bond acceptors (Lipinski definition) is 3. The molecule has 0 radical (unpaired) electrons. The monoisotopic (exact) mass is 352 g/mol. The molecule has 0 fully saturated rings. The van der Waals surface area contributed by atoms with Crippen molar-refractivity contribution < 1.29 is 14.4 Å². The molecule has 3 N–H and O–H groups in total. The third-order valence-electron chi connectivity index (χ3n) is 3.92. The lowest BCUT2D eigenvalue weighted by molar-refractivity contribution is -0.133. The van der Waals surface area contributed by atoms with Gasteiger partial charge >= 0.3 is 0 Å². The van der Waals surface area contributed by atoms with Crippen LogP contribution < -0.4 is 11.1 Å². The average Bonchev–Trinajstić information content (AvgIpc) is 2.46. The van der Waals surface area contributed by atoms with Crippen molar-refractivity contribution in [3.8, 4) is 0 Å². The van der Waals surface area contributed by atoms with Gasteiger partial charge in [-0.25, -0.2) is 0 Å². The van der Waals surface area contributed by atoms with Crippen molar-refractivity contribution in [3.05, 3.63) is 35.4 Å². The molecule has 5 nitrogen and oxygen atoms in total. The summed E-state index contributed by atoms with van der Waals surface area (Å²) in [6.07, 6.45) is 1.35. The van der Waals surface area contributed by atoms with Crippen LogP contribution in [0.2, 0.25) is 0 Å². The Bertz CT molecular complexity index is 582. The minimum absolute atomic E-state index is 0. The van der Waals surface area contributed by atoms with E-state index in [1.807, 2.05) is 24.3 Å². The van der Waals surface area contributed by atoms with E-state index in [1.165, 1.54) is 12.5 Å². The average molecular weight is 353 g/mol. The Kier molecular flexibility index (Phi) is 8.75. The maximum Gasteiger partial charge on any atom is 0.223 e. The first-order valence-corrected chi connectivity index (χ1v) is 7.83. The molecule has 134 valence electrons. The Morgan fingerprint density at radius 1 is 1.12 bits per heavy atom. The third-order valence-corrected chi connectivity index (χ3v) is 3.92. The summed E-state index contributed by atoms with van der Waals surface area (Å²) in [6, 6.07) is 7.29. The number of benzene rings is 1. The van der Waals surface area contributed by atoms with E-state index in [-0.39, 0.29) is 31.6 Å². The molecule has 0 bridgehead atoms. The maximum absolute atomic E-state index is 12.5. The predicted octanol–water partition coefficient (Wildman–Crippen LogP) is 1.88. The summed E-state index contributed by atoms with van der Waals surface area (Å²) in [5.41, 5.74) is 6.57. The predicted molar refractivity (Wildman–Crippen MR) is 100 cm³/mol. The number of primary amides is 1. The van der Waals surface area contributed by atoms with Gasteiger partial charge in [0.25, 0.3) is 0 Å². The first-order valence-electron chi connectivity index (χ1n) is 7.83. The fourth-order valence-electron chi connectivity index (χ4n) is 2.28. The number of carbonyl (C=O) groups is 3. The van der Waals surface area contributed by atoms with Crippen LogP contribution in [-0.2, 0) is 27.2 Å². The number of rotatable bonds is 8. The van der Waals surface area contributed by atoms with Crippen molar-refractivity contribution in [2.75, 3.05) is 0 Å². The Morgan fingerprint density at radius 2 is 1.62 bits per heavy atom. The largest absolute Gasteiger partial charge is 0.369 e. The zero-order valence-electron chi connectivity index (χ0n) is 14.8. The number of carbonyl (C=O) groups excluding carboxylic acids is 3. The molecule has 0 heterocycles. The number of amides is 2. The number of aryl methyl sites for hydroxylation is 1. The fraction of sp³-hybridized carbons (Fsp3) is 0.500. The SMILES string of the molecule is CCc1ccc(C[C@H](NC(C)=O)C(=O)CC(C)(C)C(N)=O)cc1.S. The zero-order chi connectivity index (χ0) is 17.6. The quantitative estimate of drug-likeness (QED) is 0.748. The van der Waals surface area contributed by atoms with Crippen molar-refractivity contribution in [3.63, 3.8) is 0 Å². The van der Waals surface area contributed by atoms with E-state index >= 15 is 0 Å². The van der Waals surface area contributed by atoms with E-state index in [4.69, 9.17) is 5.73 Å². The molecule has 1 atom stereocenters. The van der Waals surface area contributed by atoms with Crippen molar-refractivity contribution in [2.45, 2.75) is 53.0 Å². The van der Waals surface area contributed by atoms with Crippen LogP contribution in [0.25, 0.3) is 0 Å². The van der Waals surface area contributed by atoms with Crippen LogP contribution in [0.15, 0.2) is 24.3 Å². The van der Waals surface area contributed by atoms with E-state index in [2.05, 4.69) is 12.2 Å². The van der Waals surface area contributed by atoms with Crippen LogP contribution in [0.4, 0.5) is 0 Å². The van der Waals surface area contributed by atoms with Gasteiger partial charge in [0.2, 0.25) is 11.8 Å². The van der Waals surface area contributed by atoms with Crippen LogP contribution in [0.5, 0.6) is 0 Å². The molecule has 0 unspecified atom stereocenters. The number of nitrogens with two attached hydrogens (primary N) is 1. The highest BCUT2D eigenvalue weighted by molar-refractivity contribution is 7.59. The summed E-state index contributed by atoms with van der Waals surface area (Å²) in [7, 11) is 0. The van der Waals surface area contributed by atoms with Gasteiger partial charge in [-0.05, 0) is 24.0 Å². The Labute approximate surface area is 150 Å².